The van der Waals surface area contributed by atoms with Crippen LogP contribution in [0.5, 0.6) is 5.75 Å². The Kier molecular flexibility index (Phi) is 3.65. The number of halogens is 1. The van der Waals surface area contributed by atoms with E-state index in [0.717, 1.165) is 27.2 Å². The number of nitrogens with one attached hydrogen (secondary N) is 2. The Hall–Kier alpha value is -1.94. The van der Waals surface area contributed by atoms with E-state index in [0.29, 0.717) is 0 Å². The lowest BCUT2D eigenvalue weighted by atomic mass is 9.92. The van der Waals surface area contributed by atoms with Crippen LogP contribution < -0.4 is 4.74 Å². The van der Waals surface area contributed by atoms with Gasteiger partial charge in [0, 0.05) is 28.3 Å². The first kappa shape index (κ1) is 13.1. The molecule has 0 atom stereocenters. The molecule has 0 radical (unpaired) electrons. The van der Waals surface area contributed by atoms with Crippen molar-refractivity contribution < 1.29 is 4.74 Å². The Balaban J connectivity index is 2.15. The molecule has 2 N–H and O–H groups in total. The van der Waals surface area contributed by atoms with Gasteiger partial charge in [-0.1, -0.05) is 15.9 Å². The van der Waals surface area contributed by atoms with Crippen LogP contribution in [0.2, 0.25) is 0 Å². The van der Waals surface area contributed by atoms with Crippen molar-refractivity contribution in [1.29, 1.82) is 0 Å². The van der Waals surface area contributed by atoms with Crippen LogP contribution in [0.25, 0.3) is 0 Å². The molecule has 2 heterocycles. The highest BCUT2D eigenvalue weighted by Gasteiger charge is 2.21. The summed E-state index contributed by atoms with van der Waals surface area (Å²) in [7, 11) is 1.69. The van der Waals surface area contributed by atoms with Gasteiger partial charge in [-0.05, 0) is 48.0 Å². The van der Waals surface area contributed by atoms with Crippen LogP contribution >= 0.6 is 15.9 Å². The summed E-state index contributed by atoms with van der Waals surface area (Å²) in [5, 5.41) is 0. The molecule has 0 amide bonds. The predicted molar refractivity (Wildman–Crippen MR) is 83.2 cm³/mol. The first-order chi connectivity index (χ1) is 9.79. The van der Waals surface area contributed by atoms with Crippen LogP contribution in [0.1, 0.15) is 22.9 Å². The Morgan fingerprint density at radius 3 is 2.15 bits per heavy atom. The molecular formula is C16H15BrN2O. The van der Waals surface area contributed by atoms with Gasteiger partial charge in [0.2, 0.25) is 0 Å². The molecule has 0 spiro atoms. The summed E-state index contributed by atoms with van der Waals surface area (Å²) in [6.07, 6.45) is 3.89. The fourth-order valence-corrected chi connectivity index (χ4v) is 2.90. The zero-order valence-electron chi connectivity index (χ0n) is 11.1. The van der Waals surface area contributed by atoms with Crippen molar-refractivity contribution in [2.75, 3.05) is 7.11 Å². The van der Waals surface area contributed by atoms with Crippen LogP contribution in [0.4, 0.5) is 0 Å². The van der Waals surface area contributed by atoms with Crippen molar-refractivity contribution in [2.24, 2.45) is 0 Å². The quantitative estimate of drug-likeness (QED) is 0.735. The minimum absolute atomic E-state index is 0.115. The van der Waals surface area contributed by atoms with Crippen molar-refractivity contribution >= 4 is 15.9 Å². The SMILES string of the molecule is COc1ccc(Br)c(C(c2ccc[nH]2)c2ccc[nH]2)c1. The Labute approximate surface area is 126 Å². The van der Waals surface area contributed by atoms with Gasteiger partial charge < -0.3 is 14.7 Å². The maximum Gasteiger partial charge on any atom is 0.119 e. The van der Waals surface area contributed by atoms with Crippen molar-refractivity contribution in [2.45, 2.75) is 5.92 Å². The molecule has 0 aliphatic carbocycles. The lowest BCUT2D eigenvalue weighted by Crippen LogP contribution is -2.05. The fourth-order valence-electron chi connectivity index (χ4n) is 2.42. The molecule has 4 heteroatoms. The largest absolute Gasteiger partial charge is 0.497 e. The zero-order valence-corrected chi connectivity index (χ0v) is 12.6. The molecule has 0 saturated carbocycles. The third-order valence-electron chi connectivity index (χ3n) is 3.38. The number of aromatic amines is 2. The normalized spacial score (nSPS) is 10.9. The number of H-pyrrole nitrogens is 2. The molecule has 0 saturated heterocycles. The smallest absolute Gasteiger partial charge is 0.119 e. The number of benzene rings is 1. The lowest BCUT2D eigenvalue weighted by molar-refractivity contribution is 0.414. The van der Waals surface area contributed by atoms with E-state index >= 15 is 0 Å². The van der Waals surface area contributed by atoms with Gasteiger partial charge in [0.1, 0.15) is 5.75 Å². The van der Waals surface area contributed by atoms with Gasteiger partial charge in [-0.25, -0.2) is 0 Å². The van der Waals surface area contributed by atoms with Crippen LogP contribution in [0, 0.1) is 0 Å². The molecule has 20 heavy (non-hydrogen) atoms. The van der Waals surface area contributed by atoms with Crippen LogP contribution in [-0.4, -0.2) is 17.1 Å². The summed E-state index contributed by atoms with van der Waals surface area (Å²) < 4.78 is 6.42. The summed E-state index contributed by atoms with van der Waals surface area (Å²) in [4.78, 5) is 6.61. The third kappa shape index (κ3) is 2.39. The minimum Gasteiger partial charge on any atom is -0.497 e. The lowest BCUT2D eigenvalue weighted by Gasteiger charge is -2.18. The molecule has 3 nitrogen and oxygen atoms in total. The van der Waals surface area contributed by atoms with Crippen molar-refractivity contribution in [3.05, 3.63) is 76.3 Å². The Morgan fingerprint density at radius 1 is 1.00 bits per heavy atom. The molecule has 0 aliphatic heterocycles. The molecule has 1 aromatic carbocycles. The maximum absolute atomic E-state index is 5.35. The van der Waals surface area contributed by atoms with Crippen molar-refractivity contribution in [3.8, 4) is 5.75 Å². The molecule has 0 unspecified atom stereocenters. The molecular weight excluding hydrogens is 316 g/mol. The molecule has 2 aromatic heterocycles. The summed E-state index contributed by atoms with van der Waals surface area (Å²) in [5.41, 5.74) is 3.44. The molecule has 3 rings (SSSR count). The van der Waals surface area contributed by atoms with E-state index in [-0.39, 0.29) is 5.92 Å². The summed E-state index contributed by atoms with van der Waals surface area (Å²) >= 11 is 3.65. The van der Waals surface area contributed by atoms with Crippen LogP contribution in [0.3, 0.4) is 0 Å². The van der Waals surface area contributed by atoms with E-state index < -0.39 is 0 Å². The fraction of sp³-hybridized carbons (Fsp3) is 0.125. The second-order valence-corrected chi connectivity index (χ2v) is 5.43. The van der Waals surface area contributed by atoms with Gasteiger partial charge >= 0.3 is 0 Å². The first-order valence-corrected chi connectivity index (χ1v) is 7.19. The number of hydrogen-bond acceptors (Lipinski definition) is 1. The van der Waals surface area contributed by atoms with Gasteiger partial charge in [0.05, 0.1) is 13.0 Å². The predicted octanol–water partition coefficient (Wildman–Crippen LogP) is 4.29. The van der Waals surface area contributed by atoms with Crippen molar-refractivity contribution in [3.63, 3.8) is 0 Å². The number of ether oxygens (including phenoxy) is 1. The van der Waals surface area contributed by atoms with Crippen LogP contribution in [0.15, 0.2) is 59.3 Å². The number of hydrogen-bond donors (Lipinski definition) is 2. The molecule has 3 aromatic rings. The van der Waals surface area contributed by atoms with Gasteiger partial charge in [0.25, 0.3) is 0 Å². The monoisotopic (exact) mass is 330 g/mol. The average Bonchev–Trinajstić information content (AvgIpc) is 3.15. The van der Waals surface area contributed by atoms with Gasteiger partial charge in [0.15, 0.2) is 0 Å². The number of methoxy groups -OCH3 is 1. The van der Waals surface area contributed by atoms with E-state index in [2.05, 4.69) is 44.1 Å². The van der Waals surface area contributed by atoms with E-state index in [1.165, 1.54) is 0 Å². The average molecular weight is 331 g/mol. The Bertz CT molecular complexity index is 640. The number of aromatic nitrogens is 2. The molecule has 0 aliphatic rings. The third-order valence-corrected chi connectivity index (χ3v) is 4.10. The van der Waals surface area contributed by atoms with Gasteiger partial charge in [-0.3, -0.25) is 0 Å². The standard InChI is InChI=1S/C16H15BrN2O/c1-20-11-6-7-13(17)12(10-11)16(14-4-2-8-18-14)15-5-3-9-19-15/h2-10,16,18-19H,1H3. The van der Waals surface area contributed by atoms with Crippen molar-refractivity contribution in [1.82, 2.24) is 9.97 Å². The maximum atomic E-state index is 5.35. The highest BCUT2D eigenvalue weighted by molar-refractivity contribution is 9.10. The molecule has 102 valence electrons. The highest BCUT2D eigenvalue weighted by Crippen LogP contribution is 2.36. The highest BCUT2D eigenvalue weighted by atomic mass is 79.9. The minimum atomic E-state index is 0.115. The summed E-state index contributed by atoms with van der Waals surface area (Å²) in [6.45, 7) is 0. The van der Waals surface area contributed by atoms with E-state index in [1.807, 2.05) is 36.7 Å². The second kappa shape index (κ2) is 5.59. The van der Waals surface area contributed by atoms with Gasteiger partial charge in [-0.2, -0.15) is 0 Å². The Morgan fingerprint density at radius 2 is 1.65 bits per heavy atom. The first-order valence-electron chi connectivity index (χ1n) is 6.39. The van der Waals surface area contributed by atoms with Gasteiger partial charge in [-0.15, -0.1) is 0 Å². The van der Waals surface area contributed by atoms with Crippen LogP contribution in [-0.2, 0) is 0 Å². The van der Waals surface area contributed by atoms with E-state index in [1.54, 1.807) is 7.11 Å². The number of rotatable bonds is 4. The summed E-state index contributed by atoms with van der Waals surface area (Å²) in [6, 6.07) is 14.3. The zero-order chi connectivity index (χ0) is 13.9. The van der Waals surface area contributed by atoms with E-state index in [4.69, 9.17) is 4.74 Å². The topological polar surface area (TPSA) is 40.8 Å². The van der Waals surface area contributed by atoms with E-state index in [9.17, 15) is 0 Å². The molecule has 0 fully saturated rings. The molecule has 0 bridgehead atoms. The second-order valence-electron chi connectivity index (χ2n) is 4.57. The summed E-state index contributed by atoms with van der Waals surface area (Å²) in [5.74, 6) is 0.968.